The van der Waals surface area contributed by atoms with Crippen LogP contribution in [0.3, 0.4) is 0 Å². The van der Waals surface area contributed by atoms with Gasteiger partial charge in [0.15, 0.2) is 0 Å². The minimum Gasteiger partial charge on any atom is -0.433 e. The van der Waals surface area contributed by atoms with Crippen LogP contribution in [0.15, 0.2) is 46.9 Å². The highest BCUT2D eigenvalue weighted by Gasteiger charge is 2.14. The predicted molar refractivity (Wildman–Crippen MR) is 74.1 cm³/mol. The minimum absolute atomic E-state index is 0.131. The molecule has 0 aromatic heterocycles. The lowest BCUT2D eigenvalue weighted by molar-refractivity contribution is -0.0499. The van der Waals surface area contributed by atoms with E-state index >= 15 is 0 Å². The van der Waals surface area contributed by atoms with Crippen molar-refractivity contribution in [1.29, 1.82) is 0 Å². The van der Waals surface area contributed by atoms with Crippen LogP contribution in [0.1, 0.15) is 5.56 Å². The van der Waals surface area contributed by atoms with Crippen molar-refractivity contribution < 1.29 is 13.5 Å². The Labute approximate surface area is 118 Å². The monoisotopic (exact) mass is 327 g/mol. The molecule has 0 aliphatic carbocycles. The van der Waals surface area contributed by atoms with Crippen LogP contribution < -0.4 is 10.5 Å². The number of ether oxygens (including phenoxy) is 1. The lowest BCUT2D eigenvalue weighted by atomic mass is 10.0. The molecule has 0 spiro atoms. The molecule has 2 aromatic rings. The average molecular weight is 328 g/mol. The smallest absolute Gasteiger partial charge is 0.387 e. The highest BCUT2D eigenvalue weighted by molar-refractivity contribution is 9.10. The van der Waals surface area contributed by atoms with E-state index in [1.807, 2.05) is 24.3 Å². The maximum atomic E-state index is 12.5. The van der Waals surface area contributed by atoms with Crippen molar-refractivity contribution in [3.05, 3.63) is 52.5 Å². The Kier molecular flexibility index (Phi) is 4.50. The third-order valence-electron chi connectivity index (χ3n) is 2.65. The molecule has 2 N–H and O–H groups in total. The van der Waals surface area contributed by atoms with Crippen molar-refractivity contribution in [2.24, 2.45) is 5.73 Å². The molecular formula is C14H12BrF2NO. The lowest BCUT2D eigenvalue weighted by Gasteiger charge is -2.13. The molecular weight excluding hydrogens is 316 g/mol. The van der Waals surface area contributed by atoms with Gasteiger partial charge in [-0.3, -0.25) is 0 Å². The molecule has 0 heterocycles. The second-order valence-corrected chi connectivity index (χ2v) is 4.75. The molecule has 100 valence electrons. The Morgan fingerprint density at radius 3 is 2.58 bits per heavy atom. The Bertz CT molecular complexity index is 575. The van der Waals surface area contributed by atoms with Gasteiger partial charge in [-0.25, -0.2) is 0 Å². The summed E-state index contributed by atoms with van der Waals surface area (Å²) in [6, 6.07) is 12.6. The van der Waals surface area contributed by atoms with Gasteiger partial charge >= 0.3 is 6.61 Å². The summed E-state index contributed by atoms with van der Waals surface area (Å²) in [6.45, 7) is -2.47. The topological polar surface area (TPSA) is 35.2 Å². The molecule has 2 aromatic carbocycles. The standard InChI is InChI=1S/C14H12BrF2NO/c15-12-6-2-5-11(13(12)19-14(16)17)10-4-1-3-9(7-10)8-18/h1-7,14H,8,18H2. The van der Waals surface area contributed by atoms with Crippen molar-refractivity contribution in [1.82, 2.24) is 0 Å². The first kappa shape index (κ1) is 14.0. The molecule has 0 bridgehead atoms. The zero-order chi connectivity index (χ0) is 13.8. The molecule has 5 heteroatoms. The first-order chi connectivity index (χ1) is 9.11. The number of benzene rings is 2. The Morgan fingerprint density at radius 1 is 1.16 bits per heavy atom. The van der Waals surface area contributed by atoms with E-state index in [-0.39, 0.29) is 5.75 Å². The van der Waals surface area contributed by atoms with E-state index in [1.165, 1.54) is 0 Å². The van der Waals surface area contributed by atoms with E-state index in [0.717, 1.165) is 11.1 Å². The quantitative estimate of drug-likeness (QED) is 0.914. The van der Waals surface area contributed by atoms with E-state index in [1.54, 1.807) is 18.2 Å². The molecule has 0 aliphatic rings. The number of halogens is 3. The van der Waals surface area contributed by atoms with Gasteiger partial charge in [0.05, 0.1) is 4.47 Å². The SMILES string of the molecule is NCc1cccc(-c2cccc(Br)c2OC(F)F)c1. The van der Waals surface area contributed by atoms with Crippen molar-refractivity contribution in [3.63, 3.8) is 0 Å². The summed E-state index contributed by atoms with van der Waals surface area (Å²) in [6.07, 6.45) is 0. The first-order valence-corrected chi connectivity index (χ1v) is 6.44. The molecule has 19 heavy (non-hydrogen) atoms. The number of rotatable bonds is 4. The zero-order valence-corrected chi connectivity index (χ0v) is 11.5. The number of para-hydroxylation sites is 1. The van der Waals surface area contributed by atoms with Crippen molar-refractivity contribution >= 4 is 15.9 Å². The fourth-order valence-corrected chi connectivity index (χ4v) is 2.27. The Hall–Kier alpha value is -1.46. The molecule has 0 radical (unpaired) electrons. The summed E-state index contributed by atoms with van der Waals surface area (Å²) >= 11 is 3.23. The van der Waals surface area contributed by atoms with Crippen LogP contribution in [0.4, 0.5) is 8.78 Å². The molecule has 0 fully saturated rings. The van der Waals surface area contributed by atoms with Crippen molar-refractivity contribution in [2.45, 2.75) is 13.2 Å². The molecule has 0 unspecified atom stereocenters. The molecule has 0 aliphatic heterocycles. The van der Waals surface area contributed by atoms with Crippen LogP contribution in [0.5, 0.6) is 5.75 Å². The second-order valence-electron chi connectivity index (χ2n) is 3.90. The predicted octanol–water partition coefficient (Wildman–Crippen LogP) is 4.18. The largest absolute Gasteiger partial charge is 0.433 e. The summed E-state index contributed by atoms with van der Waals surface area (Å²) in [4.78, 5) is 0. The highest BCUT2D eigenvalue weighted by atomic mass is 79.9. The van der Waals surface area contributed by atoms with Crippen LogP contribution >= 0.6 is 15.9 Å². The summed E-state index contributed by atoms with van der Waals surface area (Å²) in [5.74, 6) is 0.131. The van der Waals surface area contributed by atoms with Crippen LogP contribution in [-0.2, 0) is 6.54 Å². The molecule has 0 amide bonds. The molecule has 2 nitrogen and oxygen atoms in total. The molecule has 0 saturated carbocycles. The van der Waals surface area contributed by atoms with Gasteiger partial charge in [-0.05, 0) is 39.2 Å². The molecule has 0 saturated heterocycles. The van der Waals surface area contributed by atoms with Crippen molar-refractivity contribution in [3.8, 4) is 16.9 Å². The van der Waals surface area contributed by atoms with E-state index in [2.05, 4.69) is 20.7 Å². The maximum Gasteiger partial charge on any atom is 0.387 e. The average Bonchev–Trinajstić information content (AvgIpc) is 2.40. The first-order valence-electron chi connectivity index (χ1n) is 5.64. The van der Waals surface area contributed by atoms with Crippen LogP contribution in [0.2, 0.25) is 0 Å². The number of alkyl halides is 2. The van der Waals surface area contributed by atoms with Gasteiger partial charge in [0, 0.05) is 12.1 Å². The molecule has 0 atom stereocenters. The Balaban J connectivity index is 2.51. The highest BCUT2D eigenvalue weighted by Crippen LogP contribution is 2.37. The number of hydrogen-bond acceptors (Lipinski definition) is 2. The van der Waals surface area contributed by atoms with E-state index in [4.69, 9.17) is 5.73 Å². The minimum atomic E-state index is -2.87. The lowest BCUT2D eigenvalue weighted by Crippen LogP contribution is -2.04. The van der Waals surface area contributed by atoms with Gasteiger partial charge in [0.2, 0.25) is 0 Å². The van der Waals surface area contributed by atoms with Crippen LogP contribution in [-0.4, -0.2) is 6.61 Å². The fourth-order valence-electron chi connectivity index (χ4n) is 1.81. The van der Waals surface area contributed by atoms with Gasteiger partial charge in [-0.1, -0.05) is 30.3 Å². The van der Waals surface area contributed by atoms with Crippen LogP contribution in [0.25, 0.3) is 11.1 Å². The van der Waals surface area contributed by atoms with Gasteiger partial charge in [0.1, 0.15) is 5.75 Å². The summed E-state index contributed by atoms with van der Waals surface area (Å²) in [5, 5.41) is 0. The van der Waals surface area contributed by atoms with E-state index in [9.17, 15) is 8.78 Å². The second kappa shape index (κ2) is 6.12. The van der Waals surface area contributed by atoms with Crippen LogP contribution in [0, 0.1) is 0 Å². The van der Waals surface area contributed by atoms with Gasteiger partial charge in [0.25, 0.3) is 0 Å². The van der Waals surface area contributed by atoms with E-state index in [0.29, 0.717) is 16.6 Å². The summed E-state index contributed by atoms with van der Waals surface area (Å²) < 4.78 is 30.0. The normalized spacial score (nSPS) is 10.8. The maximum absolute atomic E-state index is 12.5. The van der Waals surface area contributed by atoms with Gasteiger partial charge < -0.3 is 10.5 Å². The Morgan fingerprint density at radius 2 is 1.89 bits per heavy atom. The third kappa shape index (κ3) is 3.30. The number of hydrogen-bond donors (Lipinski definition) is 1. The van der Waals surface area contributed by atoms with Gasteiger partial charge in [-0.15, -0.1) is 0 Å². The summed E-state index contributed by atoms with van der Waals surface area (Å²) in [7, 11) is 0. The van der Waals surface area contributed by atoms with Crippen molar-refractivity contribution in [2.75, 3.05) is 0 Å². The van der Waals surface area contributed by atoms with Gasteiger partial charge in [-0.2, -0.15) is 8.78 Å². The fraction of sp³-hybridized carbons (Fsp3) is 0.143. The number of nitrogens with two attached hydrogens (primary N) is 1. The summed E-state index contributed by atoms with van der Waals surface area (Å²) in [5.41, 5.74) is 7.91. The zero-order valence-electron chi connectivity index (χ0n) is 9.95. The third-order valence-corrected chi connectivity index (χ3v) is 3.27. The van der Waals surface area contributed by atoms with E-state index < -0.39 is 6.61 Å². The molecule has 2 rings (SSSR count).